The summed E-state index contributed by atoms with van der Waals surface area (Å²) in [4.78, 5) is 0. The van der Waals surface area contributed by atoms with E-state index in [9.17, 15) is 20.4 Å². The van der Waals surface area contributed by atoms with Gasteiger partial charge in [0.2, 0.25) is 0 Å². The fraction of sp³-hybridized carbons (Fsp3) is 0.667. The summed E-state index contributed by atoms with van der Waals surface area (Å²) in [5.74, 6) is 0.0796. The molecule has 0 aliphatic carbocycles. The lowest BCUT2D eigenvalue weighted by molar-refractivity contribution is -0.901. The van der Waals surface area contributed by atoms with E-state index in [4.69, 9.17) is 23.7 Å². The average molecular weight is 775 g/mol. The van der Waals surface area contributed by atoms with Crippen LogP contribution >= 0.6 is 0 Å². The van der Waals surface area contributed by atoms with Crippen molar-refractivity contribution in [1.29, 1.82) is 0 Å². The molecule has 0 amide bonds. The van der Waals surface area contributed by atoms with Crippen LogP contribution in [0, 0.1) is 0 Å². The molecule has 13 nitrogen and oxygen atoms in total. The SMILES string of the molecule is CCCCCCC(O)C[N+](C)(C)/N=C(\[O-])c1ccccc1OCCOCCOCCOCCOc1ccccc1/C([O-])=N/[N+](C)(C)CC(O)CCCCCC. The molecular weight excluding hydrogens is 704 g/mol. The zero-order valence-electron chi connectivity index (χ0n) is 34.5. The molecular formula is C42H70N4O9. The number of benzene rings is 2. The molecule has 312 valence electrons. The molecule has 2 aromatic carbocycles. The first kappa shape index (κ1) is 47.9. The molecule has 0 fully saturated rings. The van der Waals surface area contributed by atoms with Gasteiger partial charge in [0, 0.05) is 11.1 Å². The molecule has 0 radical (unpaired) electrons. The Kier molecular flexibility index (Phi) is 23.8. The lowest BCUT2D eigenvalue weighted by Crippen LogP contribution is -2.43. The second-order valence-corrected chi connectivity index (χ2v) is 15.0. The van der Waals surface area contributed by atoms with Gasteiger partial charge in [0.25, 0.3) is 0 Å². The van der Waals surface area contributed by atoms with Gasteiger partial charge in [0.15, 0.2) is 0 Å². The van der Waals surface area contributed by atoms with E-state index in [0.717, 1.165) is 51.4 Å². The highest BCUT2D eigenvalue weighted by molar-refractivity contribution is 5.93. The van der Waals surface area contributed by atoms with Crippen LogP contribution < -0.4 is 19.7 Å². The van der Waals surface area contributed by atoms with Crippen LogP contribution in [-0.4, -0.2) is 138 Å². The Labute approximate surface area is 330 Å². The van der Waals surface area contributed by atoms with Crippen molar-refractivity contribution in [2.24, 2.45) is 10.2 Å². The summed E-state index contributed by atoms with van der Waals surface area (Å²) in [6, 6.07) is 14.0. The lowest BCUT2D eigenvalue weighted by Gasteiger charge is -2.28. The number of unbranched alkanes of at least 4 members (excludes halogenated alkanes) is 6. The normalized spacial score (nSPS) is 13.9. The number of ether oxygens (including phenoxy) is 5. The van der Waals surface area contributed by atoms with Gasteiger partial charge < -0.3 is 44.1 Å². The molecule has 0 aliphatic heterocycles. The van der Waals surface area contributed by atoms with Crippen molar-refractivity contribution in [1.82, 2.24) is 0 Å². The molecule has 2 atom stereocenters. The Morgan fingerprint density at radius 3 is 1.25 bits per heavy atom. The number of nitrogens with zero attached hydrogens (tertiary/aromatic N) is 4. The van der Waals surface area contributed by atoms with Gasteiger partial charge in [-0.25, -0.2) is 9.18 Å². The molecule has 0 saturated carbocycles. The highest BCUT2D eigenvalue weighted by atomic mass is 16.6. The summed E-state index contributed by atoms with van der Waals surface area (Å²) in [6.07, 6.45) is 9.08. The molecule has 13 heteroatoms. The van der Waals surface area contributed by atoms with Crippen molar-refractivity contribution in [3.63, 3.8) is 0 Å². The molecule has 55 heavy (non-hydrogen) atoms. The van der Waals surface area contributed by atoms with Crippen molar-refractivity contribution < 1.29 is 53.3 Å². The van der Waals surface area contributed by atoms with Crippen molar-refractivity contribution in [2.75, 3.05) is 94.1 Å². The summed E-state index contributed by atoms with van der Waals surface area (Å²) in [7, 11) is 7.24. The first-order valence-corrected chi connectivity index (χ1v) is 20.1. The number of rotatable bonds is 32. The second-order valence-electron chi connectivity index (χ2n) is 15.0. The van der Waals surface area contributed by atoms with Gasteiger partial charge in [-0.15, -0.1) is 0 Å². The topological polar surface area (TPSA) is 157 Å². The van der Waals surface area contributed by atoms with Gasteiger partial charge in [-0.05, 0) is 25.0 Å². The van der Waals surface area contributed by atoms with Crippen molar-refractivity contribution >= 4 is 11.8 Å². The minimum Gasteiger partial charge on any atom is -0.854 e. The molecule has 0 spiro atoms. The average Bonchev–Trinajstić information content (AvgIpc) is 3.13. The van der Waals surface area contributed by atoms with Crippen LogP contribution in [0.25, 0.3) is 0 Å². The van der Waals surface area contributed by atoms with E-state index in [2.05, 4.69) is 24.1 Å². The highest BCUT2D eigenvalue weighted by Gasteiger charge is 2.22. The summed E-state index contributed by atoms with van der Waals surface area (Å²) in [5, 5.41) is 55.7. The van der Waals surface area contributed by atoms with Gasteiger partial charge in [0.05, 0.1) is 79.6 Å². The Balaban J connectivity index is 1.63. The van der Waals surface area contributed by atoms with E-state index >= 15 is 0 Å². The first-order chi connectivity index (χ1) is 26.4. The Morgan fingerprint density at radius 2 is 0.891 bits per heavy atom. The fourth-order valence-corrected chi connectivity index (χ4v) is 6.01. The maximum Gasteiger partial charge on any atom is 0.129 e. The Bertz CT molecular complexity index is 1270. The summed E-state index contributed by atoms with van der Waals surface area (Å²) < 4.78 is 28.6. The smallest absolute Gasteiger partial charge is 0.129 e. The van der Waals surface area contributed by atoms with Gasteiger partial charge in [-0.2, -0.15) is 0 Å². The van der Waals surface area contributed by atoms with E-state index in [1.54, 1.807) is 48.5 Å². The number of hydrogen-bond acceptors (Lipinski definition) is 11. The first-order valence-electron chi connectivity index (χ1n) is 20.1. The number of likely N-dealkylation sites (N-methyl/N-ethyl adjacent to an activating group) is 2. The predicted octanol–water partition coefficient (Wildman–Crippen LogP) is 4.05. The van der Waals surface area contributed by atoms with Crippen LogP contribution in [-0.2, 0) is 14.2 Å². The minimum atomic E-state index is -0.520. The zero-order chi connectivity index (χ0) is 40.4. The summed E-state index contributed by atoms with van der Waals surface area (Å²) in [5.41, 5.74) is 0.735. The molecule has 0 aromatic heterocycles. The Hall–Kier alpha value is -3.30. The van der Waals surface area contributed by atoms with Gasteiger partial charge in [-0.3, -0.25) is 0 Å². The van der Waals surface area contributed by atoms with Crippen LogP contribution in [0.5, 0.6) is 11.5 Å². The molecule has 0 bridgehead atoms. The van der Waals surface area contributed by atoms with E-state index in [0.29, 0.717) is 88.2 Å². The van der Waals surface area contributed by atoms with Crippen LogP contribution in [0.4, 0.5) is 0 Å². The number of aliphatic hydroxyl groups is 2. The van der Waals surface area contributed by atoms with E-state index in [1.165, 1.54) is 0 Å². The second kappa shape index (κ2) is 27.3. The molecule has 2 rings (SSSR count). The third-order valence-electron chi connectivity index (χ3n) is 8.77. The largest absolute Gasteiger partial charge is 0.854 e. The molecule has 2 unspecified atom stereocenters. The zero-order valence-corrected chi connectivity index (χ0v) is 34.5. The van der Waals surface area contributed by atoms with Crippen LogP contribution in [0.3, 0.4) is 0 Å². The fourth-order valence-electron chi connectivity index (χ4n) is 6.01. The number of para-hydroxylation sites is 2. The van der Waals surface area contributed by atoms with Crippen molar-refractivity contribution in [3.05, 3.63) is 59.7 Å². The van der Waals surface area contributed by atoms with Gasteiger partial charge >= 0.3 is 0 Å². The third kappa shape index (κ3) is 21.5. The van der Waals surface area contributed by atoms with Crippen LogP contribution in [0.2, 0.25) is 0 Å². The minimum absolute atomic E-state index is 0.0306. The van der Waals surface area contributed by atoms with Crippen molar-refractivity contribution in [2.45, 2.75) is 90.3 Å². The molecule has 0 heterocycles. The van der Waals surface area contributed by atoms with E-state index in [-0.39, 0.29) is 22.4 Å². The summed E-state index contributed by atoms with van der Waals surface area (Å²) >= 11 is 0. The van der Waals surface area contributed by atoms with Gasteiger partial charge in [0.1, 0.15) is 50.0 Å². The van der Waals surface area contributed by atoms with E-state index < -0.39 is 24.0 Å². The lowest BCUT2D eigenvalue weighted by atomic mass is 10.1. The molecule has 0 saturated heterocycles. The monoisotopic (exact) mass is 775 g/mol. The molecule has 2 aromatic rings. The van der Waals surface area contributed by atoms with Gasteiger partial charge in [-0.1, -0.05) is 112 Å². The van der Waals surface area contributed by atoms with E-state index in [1.807, 2.05) is 28.2 Å². The maximum absolute atomic E-state index is 13.1. The Morgan fingerprint density at radius 1 is 0.545 bits per heavy atom. The number of hydrogen-bond donors (Lipinski definition) is 2. The quantitative estimate of drug-likeness (QED) is 0.0368. The molecule has 2 N–H and O–H groups in total. The number of aliphatic hydroxyl groups excluding tert-OH is 2. The van der Waals surface area contributed by atoms with Crippen LogP contribution in [0.1, 0.15) is 89.2 Å². The summed E-state index contributed by atoms with van der Waals surface area (Å²) in [6.45, 7) is 7.69. The van der Waals surface area contributed by atoms with Crippen molar-refractivity contribution in [3.8, 4) is 11.5 Å². The van der Waals surface area contributed by atoms with Crippen LogP contribution in [0.15, 0.2) is 58.7 Å². The standard InChI is InChI=1S/C42H70N4O9/c1-7-9-11-13-19-35(47)33-45(3,4)43-41(49)37-21-15-17-23-39(37)54-31-29-52-27-25-51-26-28-53-30-32-55-40-24-18-16-22-38(40)42(50)44-46(5,6)34-36(48)20-14-12-10-8-2/h15-18,21-24,35-36,47-48H,7-14,19-20,25-34H2,1-6H3. The molecule has 0 aliphatic rings. The maximum atomic E-state index is 13.1. The number of quaternary nitrogens is 2. The predicted molar refractivity (Wildman–Crippen MR) is 213 cm³/mol. The highest BCUT2D eigenvalue weighted by Crippen LogP contribution is 2.20. The third-order valence-corrected chi connectivity index (χ3v) is 8.77.